The first-order valence-electron chi connectivity index (χ1n) is 9.71. The zero-order valence-electron chi connectivity index (χ0n) is 17.8. The minimum atomic E-state index is -0.0388. The van der Waals surface area contributed by atoms with E-state index in [0.29, 0.717) is 22.3 Å². The van der Waals surface area contributed by atoms with E-state index in [1.165, 1.54) is 11.8 Å². The van der Waals surface area contributed by atoms with Gasteiger partial charge >= 0.3 is 0 Å². The van der Waals surface area contributed by atoms with Gasteiger partial charge in [-0.15, -0.1) is 23.5 Å². The zero-order valence-corrected chi connectivity index (χ0v) is 19.4. The fourth-order valence-electron chi connectivity index (χ4n) is 2.62. The summed E-state index contributed by atoms with van der Waals surface area (Å²) in [6.07, 6.45) is 1.92. The van der Waals surface area contributed by atoms with Crippen molar-refractivity contribution in [2.75, 3.05) is 12.0 Å². The molecule has 0 bridgehead atoms. The lowest BCUT2D eigenvalue weighted by atomic mass is 9.84. The second-order valence-corrected chi connectivity index (χ2v) is 6.81. The summed E-state index contributed by atoms with van der Waals surface area (Å²) in [5.74, 6) is 0.797. The van der Waals surface area contributed by atoms with Gasteiger partial charge in [0.05, 0.1) is 0 Å². The topological polar surface area (TPSA) is 34.1 Å². The van der Waals surface area contributed by atoms with Crippen LogP contribution in [0.4, 0.5) is 0 Å². The Hall–Kier alpha value is -1.52. The SMILES string of the molecule is CC.CC.CC.CCSc1cccc2c1C(=O)c1cccc(SC)c1C2=O. The van der Waals surface area contributed by atoms with E-state index in [-0.39, 0.29) is 11.6 Å². The summed E-state index contributed by atoms with van der Waals surface area (Å²) in [7, 11) is 0. The molecule has 0 unspecified atom stereocenters. The third-order valence-corrected chi connectivity index (χ3v) is 5.24. The second-order valence-electron chi connectivity index (χ2n) is 4.65. The molecule has 3 rings (SSSR count). The standard InChI is InChI=1S/C17H14O2S2.3C2H6/c1-3-21-13-9-5-7-11-15(13)17(19)10-6-4-8-12(20-2)14(10)16(11)18;3*1-2/h4-9H,3H2,1-2H3;3*1-2H3. The largest absolute Gasteiger partial charge is 0.289 e. The number of ketones is 2. The highest BCUT2D eigenvalue weighted by Gasteiger charge is 2.33. The van der Waals surface area contributed by atoms with Gasteiger partial charge in [-0.05, 0) is 24.1 Å². The molecule has 0 radical (unpaired) electrons. The number of carbonyl (C=O) groups excluding carboxylic acids is 2. The molecule has 2 aromatic carbocycles. The summed E-state index contributed by atoms with van der Waals surface area (Å²) in [5, 5.41) is 0. The molecule has 2 nitrogen and oxygen atoms in total. The third-order valence-electron chi connectivity index (χ3n) is 3.52. The molecular weight excluding hydrogens is 372 g/mol. The molecule has 1 aliphatic carbocycles. The van der Waals surface area contributed by atoms with E-state index in [2.05, 4.69) is 0 Å². The zero-order chi connectivity index (χ0) is 21.0. The summed E-state index contributed by atoms with van der Waals surface area (Å²) < 4.78 is 0. The molecule has 0 spiro atoms. The van der Waals surface area contributed by atoms with Crippen LogP contribution in [0.5, 0.6) is 0 Å². The van der Waals surface area contributed by atoms with E-state index < -0.39 is 0 Å². The molecule has 2 aromatic rings. The molecule has 0 aliphatic heterocycles. The van der Waals surface area contributed by atoms with Crippen molar-refractivity contribution in [2.45, 2.75) is 58.3 Å². The number of carbonyl (C=O) groups is 2. The van der Waals surface area contributed by atoms with Crippen LogP contribution < -0.4 is 0 Å². The van der Waals surface area contributed by atoms with Gasteiger partial charge in [0.1, 0.15) is 0 Å². The second kappa shape index (κ2) is 13.6. The van der Waals surface area contributed by atoms with Crippen molar-refractivity contribution in [1.82, 2.24) is 0 Å². The van der Waals surface area contributed by atoms with Crippen LogP contribution in [0.25, 0.3) is 0 Å². The van der Waals surface area contributed by atoms with Crippen LogP contribution in [0.1, 0.15) is 80.3 Å². The Labute approximate surface area is 173 Å². The maximum absolute atomic E-state index is 12.8. The van der Waals surface area contributed by atoms with Gasteiger partial charge in [0, 0.05) is 32.0 Å². The van der Waals surface area contributed by atoms with Crippen LogP contribution in [0.15, 0.2) is 46.2 Å². The van der Waals surface area contributed by atoms with E-state index >= 15 is 0 Å². The van der Waals surface area contributed by atoms with Gasteiger partial charge < -0.3 is 0 Å². The van der Waals surface area contributed by atoms with Crippen molar-refractivity contribution in [1.29, 1.82) is 0 Å². The van der Waals surface area contributed by atoms with Crippen LogP contribution in [-0.4, -0.2) is 23.6 Å². The number of fused-ring (bicyclic) bond motifs is 2. The summed E-state index contributed by atoms with van der Waals surface area (Å²) in [6, 6.07) is 11.0. The Balaban J connectivity index is 0.00000103. The molecule has 0 saturated carbocycles. The summed E-state index contributed by atoms with van der Waals surface area (Å²) >= 11 is 3.10. The van der Waals surface area contributed by atoms with Crippen LogP contribution in [0, 0.1) is 0 Å². The maximum atomic E-state index is 12.8. The van der Waals surface area contributed by atoms with Crippen molar-refractivity contribution in [2.24, 2.45) is 0 Å². The third kappa shape index (κ3) is 5.49. The van der Waals surface area contributed by atoms with Crippen molar-refractivity contribution >= 4 is 35.1 Å². The number of benzene rings is 2. The first-order chi connectivity index (χ1) is 13.2. The van der Waals surface area contributed by atoms with E-state index in [9.17, 15) is 9.59 Å². The minimum Gasteiger partial charge on any atom is -0.289 e. The van der Waals surface area contributed by atoms with Gasteiger partial charge in [0.2, 0.25) is 0 Å². The van der Waals surface area contributed by atoms with E-state index in [1.54, 1.807) is 23.9 Å². The Morgan fingerprint density at radius 1 is 0.704 bits per heavy atom. The molecule has 148 valence electrons. The van der Waals surface area contributed by atoms with Crippen LogP contribution >= 0.6 is 23.5 Å². The molecule has 0 amide bonds. The highest BCUT2D eigenvalue weighted by atomic mass is 32.2. The average molecular weight is 405 g/mol. The van der Waals surface area contributed by atoms with Gasteiger partial charge in [-0.1, -0.05) is 72.7 Å². The molecule has 0 fully saturated rings. The Morgan fingerprint density at radius 2 is 1.11 bits per heavy atom. The quantitative estimate of drug-likeness (QED) is 0.427. The molecule has 0 aromatic heterocycles. The molecule has 4 heteroatoms. The monoisotopic (exact) mass is 404 g/mol. The van der Waals surface area contributed by atoms with Crippen LogP contribution in [0.3, 0.4) is 0 Å². The van der Waals surface area contributed by atoms with Crippen LogP contribution in [-0.2, 0) is 0 Å². The lowest BCUT2D eigenvalue weighted by Crippen LogP contribution is -2.22. The van der Waals surface area contributed by atoms with E-state index in [4.69, 9.17) is 0 Å². The lowest BCUT2D eigenvalue weighted by Gasteiger charge is -2.21. The first-order valence-corrected chi connectivity index (χ1v) is 11.9. The van der Waals surface area contributed by atoms with Gasteiger partial charge in [0.25, 0.3) is 0 Å². The van der Waals surface area contributed by atoms with Crippen molar-refractivity contribution < 1.29 is 9.59 Å². The number of hydrogen-bond donors (Lipinski definition) is 0. The average Bonchev–Trinajstić information content (AvgIpc) is 2.76. The van der Waals surface area contributed by atoms with Crippen LogP contribution in [0.2, 0.25) is 0 Å². The van der Waals surface area contributed by atoms with Gasteiger partial charge in [-0.3, -0.25) is 9.59 Å². The number of thioether (sulfide) groups is 2. The van der Waals surface area contributed by atoms with Crippen molar-refractivity contribution in [3.8, 4) is 0 Å². The molecule has 1 aliphatic rings. The summed E-state index contributed by atoms with van der Waals surface area (Å²) in [5.41, 5.74) is 2.19. The molecule has 0 atom stereocenters. The smallest absolute Gasteiger partial charge is 0.195 e. The predicted octanol–water partition coefficient (Wildman–Crippen LogP) is 7.37. The van der Waals surface area contributed by atoms with Crippen molar-refractivity contribution in [3.05, 3.63) is 58.7 Å². The normalized spacial score (nSPS) is 10.8. The molecule has 0 heterocycles. The van der Waals surface area contributed by atoms with E-state index in [1.807, 2.05) is 79.0 Å². The molecule has 0 saturated heterocycles. The highest BCUT2D eigenvalue weighted by Crippen LogP contribution is 2.37. The predicted molar refractivity (Wildman–Crippen MR) is 122 cm³/mol. The summed E-state index contributed by atoms with van der Waals surface area (Å²) in [6.45, 7) is 14.0. The Morgan fingerprint density at radius 3 is 1.52 bits per heavy atom. The van der Waals surface area contributed by atoms with Gasteiger partial charge in [0.15, 0.2) is 11.6 Å². The van der Waals surface area contributed by atoms with Gasteiger partial charge in [-0.25, -0.2) is 0 Å². The first kappa shape index (κ1) is 25.5. The molecule has 27 heavy (non-hydrogen) atoms. The molecule has 0 N–H and O–H groups in total. The number of rotatable bonds is 3. The van der Waals surface area contributed by atoms with Crippen molar-refractivity contribution in [3.63, 3.8) is 0 Å². The minimum absolute atomic E-state index is 0.0351. The summed E-state index contributed by atoms with van der Waals surface area (Å²) in [4.78, 5) is 27.4. The fraction of sp³-hybridized carbons (Fsp3) is 0.391. The maximum Gasteiger partial charge on any atom is 0.195 e. The van der Waals surface area contributed by atoms with E-state index in [0.717, 1.165) is 15.5 Å². The molecular formula is C23H32O2S2. The van der Waals surface area contributed by atoms with Gasteiger partial charge in [-0.2, -0.15) is 0 Å². The Kier molecular flexibility index (Phi) is 12.9. The fourth-order valence-corrected chi connectivity index (χ4v) is 4.08. The Bertz CT molecular complexity index is 752. The lowest BCUT2D eigenvalue weighted by molar-refractivity contribution is 0.0974. The highest BCUT2D eigenvalue weighted by molar-refractivity contribution is 7.99. The number of hydrogen-bond acceptors (Lipinski definition) is 4.